The zero-order chi connectivity index (χ0) is 21.7. The summed E-state index contributed by atoms with van der Waals surface area (Å²) in [7, 11) is -1.93. The number of carbonyl (C=O) groups is 3. The molecule has 4 amide bonds. The highest BCUT2D eigenvalue weighted by Crippen LogP contribution is 2.39. The molecule has 0 spiro atoms. The monoisotopic (exact) mass is 442 g/mol. The number of nitrogens with zero attached hydrogens (tertiary/aromatic N) is 3. The lowest BCUT2D eigenvalue weighted by atomic mass is 9.81. The Balaban J connectivity index is 1.47. The first kappa shape index (κ1) is 21.5. The predicted molar refractivity (Wildman–Crippen MR) is 107 cm³/mol. The maximum absolute atomic E-state index is 13.2. The van der Waals surface area contributed by atoms with Crippen molar-refractivity contribution in [3.63, 3.8) is 0 Å². The number of imide groups is 1. The third-order valence-electron chi connectivity index (χ3n) is 6.86. The molecule has 30 heavy (non-hydrogen) atoms. The molecule has 3 unspecified atom stereocenters. The summed E-state index contributed by atoms with van der Waals surface area (Å²) in [5.74, 6) is -1.36. The molecule has 2 aliphatic heterocycles. The molecule has 1 N–H and O–H groups in total. The Morgan fingerprint density at radius 2 is 1.87 bits per heavy atom. The fourth-order valence-electron chi connectivity index (χ4n) is 4.66. The van der Waals surface area contributed by atoms with Crippen LogP contribution in [0.1, 0.15) is 39.0 Å². The zero-order valence-electron chi connectivity index (χ0n) is 17.5. The van der Waals surface area contributed by atoms with E-state index in [1.807, 2.05) is 6.92 Å². The van der Waals surface area contributed by atoms with Gasteiger partial charge < -0.3 is 14.5 Å². The quantitative estimate of drug-likeness (QED) is 0.628. The molecule has 4 rings (SSSR count). The van der Waals surface area contributed by atoms with Crippen molar-refractivity contribution in [2.24, 2.45) is 5.92 Å². The van der Waals surface area contributed by atoms with Crippen molar-refractivity contribution in [1.29, 1.82) is 0 Å². The van der Waals surface area contributed by atoms with Crippen LogP contribution in [-0.4, -0.2) is 97.7 Å². The SMILES string of the molecule is CN1C(=O)N(CC(=O)N2CCOCC2)C(=O)C2CC(S(=O)(=O)NC3(C)CC3)CCC21. The second-order valence-electron chi connectivity index (χ2n) is 9.13. The summed E-state index contributed by atoms with van der Waals surface area (Å²) < 4.78 is 33.7. The van der Waals surface area contributed by atoms with Gasteiger partial charge in [-0.2, -0.15) is 0 Å². The van der Waals surface area contributed by atoms with Crippen LogP contribution in [0.5, 0.6) is 0 Å². The lowest BCUT2D eigenvalue weighted by Crippen LogP contribution is -2.64. The van der Waals surface area contributed by atoms with E-state index in [9.17, 15) is 22.8 Å². The highest BCUT2D eigenvalue weighted by molar-refractivity contribution is 7.90. The van der Waals surface area contributed by atoms with Gasteiger partial charge >= 0.3 is 6.03 Å². The van der Waals surface area contributed by atoms with Crippen LogP contribution >= 0.6 is 0 Å². The van der Waals surface area contributed by atoms with E-state index in [-0.39, 0.29) is 30.5 Å². The molecular formula is C19H30N4O6S. The van der Waals surface area contributed by atoms with Crippen LogP contribution in [-0.2, 0) is 24.3 Å². The second kappa shape index (κ2) is 7.76. The minimum absolute atomic E-state index is 0.161. The van der Waals surface area contributed by atoms with Crippen molar-refractivity contribution >= 4 is 27.9 Å². The largest absolute Gasteiger partial charge is 0.378 e. The lowest BCUT2D eigenvalue weighted by Gasteiger charge is -2.46. The molecular weight excluding hydrogens is 412 g/mol. The van der Waals surface area contributed by atoms with Crippen LogP contribution < -0.4 is 4.72 Å². The van der Waals surface area contributed by atoms with Crippen LogP contribution in [0.25, 0.3) is 0 Å². The molecule has 2 saturated carbocycles. The van der Waals surface area contributed by atoms with Crippen LogP contribution in [0.2, 0.25) is 0 Å². The first-order valence-electron chi connectivity index (χ1n) is 10.6. The molecule has 2 aliphatic carbocycles. The third-order valence-corrected chi connectivity index (χ3v) is 8.95. The van der Waals surface area contributed by atoms with E-state index >= 15 is 0 Å². The van der Waals surface area contributed by atoms with Gasteiger partial charge in [0.25, 0.3) is 0 Å². The van der Waals surface area contributed by atoms with E-state index in [1.54, 1.807) is 11.9 Å². The van der Waals surface area contributed by atoms with Gasteiger partial charge in [-0.25, -0.2) is 17.9 Å². The number of urea groups is 1. The molecule has 10 nitrogen and oxygen atoms in total. The normalized spacial score (nSPS) is 31.5. The van der Waals surface area contributed by atoms with Crippen LogP contribution in [0.3, 0.4) is 0 Å². The van der Waals surface area contributed by atoms with E-state index in [4.69, 9.17) is 4.74 Å². The minimum Gasteiger partial charge on any atom is -0.378 e. The molecule has 4 aliphatic rings. The zero-order valence-corrected chi connectivity index (χ0v) is 18.3. The van der Waals surface area contributed by atoms with Crippen molar-refractivity contribution in [2.45, 2.75) is 55.9 Å². The van der Waals surface area contributed by atoms with Crippen molar-refractivity contribution in [1.82, 2.24) is 19.4 Å². The molecule has 0 aromatic rings. The van der Waals surface area contributed by atoms with Gasteiger partial charge in [0.15, 0.2) is 0 Å². The average Bonchev–Trinajstić information content (AvgIpc) is 3.45. The number of hydrogen-bond acceptors (Lipinski definition) is 6. The highest BCUT2D eigenvalue weighted by atomic mass is 32.2. The smallest absolute Gasteiger partial charge is 0.327 e. The number of ether oxygens (including phenoxy) is 1. The Bertz CT molecular complexity index is 836. The maximum atomic E-state index is 13.2. The van der Waals surface area contributed by atoms with Gasteiger partial charge in [0.05, 0.1) is 24.4 Å². The predicted octanol–water partition coefficient (Wildman–Crippen LogP) is -0.252. The molecule has 0 bridgehead atoms. The maximum Gasteiger partial charge on any atom is 0.327 e. The molecule has 3 atom stereocenters. The average molecular weight is 443 g/mol. The number of rotatable bonds is 5. The fourth-order valence-corrected chi connectivity index (χ4v) is 6.63. The lowest BCUT2D eigenvalue weighted by molar-refractivity contribution is -0.147. The van der Waals surface area contributed by atoms with Gasteiger partial charge in [0.1, 0.15) is 6.54 Å². The molecule has 168 valence electrons. The fraction of sp³-hybridized carbons (Fsp3) is 0.842. The third kappa shape index (κ3) is 4.06. The number of sulfonamides is 1. The van der Waals surface area contributed by atoms with Crippen LogP contribution in [0.15, 0.2) is 0 Å². The summed E-state index contributed by atoms with van der Waals surface area (Å²) in [6, 6.07) is -0.824. The van der Waals surface area contributed by atoms with Crippen molar-refractivity contribution in [3.8, 4) is 0 Å². The number of hydrogen-bond donors (Lipinski definition) is 1. The molecule has 2 heterocycles. The highest BCUT2D eigenvalue weighted by Gasteiger charge is 2.51. The van der Waals surface area contributed by atoms with Crippen molar-refractivity contribution in [3.05, 3.63) is 0 Å². The summed E-state index contributed by atoms with van der Waals surface area (Å²) in [6.07, 6.45) is 2.66. The molecule has 2 saturated heterocycles. The van der Waals surface area contributed by atoms with E-state index in [2.05, 4.69) is 4.72 Å². The first-order valence-corrected chi connectivity index (χ1v) is 12.1. The van der Waals surface area contributed by atoms with Gasteiger partial charge in [-0.1, -0.05) is 0 Å². The van der Waals surface area contributed by atoms with E-state index in [1.165, 1.54) is 4.90 Å². The minimum atomic E-state index is -3.55. The van der Waals surface area contributed by atoms with Gasteiger partial charge in [-0.15, -0.1) is 0 Å². The number of amides is 4. The molecule has 0 aromatic carbocycles. The first-order chi connectivity index (χ1) is 14.1. The Kier molecular flexibility index (Phi) is 5.56. The topological polar surface area (TPSA) is 116 Å². The van der Waals surface area contributed by atoms with Gasteiger partial charge in [0, 0.05) is 31.7 Å². The number of carbonyl (C=O) groups excluding carboxylic acids is 3. The van der Waals surface area contributed by atoms with Crippen molar-refractivity contribution in [2.75, 3.05) is 39.9 Å². The number of morpholine rings is 1. The summed E-state index contributed by atoms with van der Waals surface area (Å²) in [5.41, 5.74) is -0.365. The van der Waals surface area contributed by atoms with E-state index < -0.39 is 33.1 Å². The Morgan fingerprint density at radius 1 is 1.20 bits per heavy atom. The van der Waals surface area contributed by atoms with E-state index in [0.29, 0.717) is 39.1 Å². The van der Waals surface area contributed by atoms with Crippen LogP contribution in [0.4, 0.5) is 4.79 Å². The Hall–Kier alpha value is -1.72. The van der Waals surface area contributed by atoms with Gasteiger partial charge in [-0.3, -0.25) is 14.5 Å². The second-order valence-corrected chi connectivity index (χ2v) is 11.1. The van der Waals surface area contributed by atoms with Gasteiger partial charge in [0.2, 0.25) is 21.8 Å². The molecule has 0 radical (unpaired) electrons. The van der Waals surface area contributed by atoms with Crippen LogP contribution in [0, 0.1) is 5.92 Å². The Labute approximate surface area is 176 Å². The standard InChI is InChI=1S/C19H30N4O6S/c1-19(5-6-19)20-30(27,28)13-3-4-15-14(11-13)17(25)23(18(26)21(15)2)12-16(24)22-7-9-29-10-8-22/h13-15,20H,3-12H2,1-2H3. The Morgan fingerprint density at radius 3 is 2.50 bits per heavy atom. The van der Waals surface area contributed by atoms with Gasteiger partial charge in [-0.05, 0) is 39.0 Å². The van der Waals surface area contributed by atoms with Crippen molar-refractivity contribution < 1.29 is 27.5 Å². The summed E-state index contributed by atoms with van der Waals surface area (Å²) >= 11 is 0. The molecule has 11 heteroatoms. The summed E-state index contributed by atoms with van der Waals surface area (Å²) in [4.78, 5) is 42.6. The molecule has 4 fully saturated rings. The summed E-state index contributed by atoms with van der Waals surface area (Å²) in [6.45, 7) is 3.29. The van der Waals surface area contributed by atoms with E-state index in [0.717, 1.165) is 17.7 Å². The number of fused-ring (bicyclic) bond motifs is 1. The summed E-state index contributed by atoms with van der Waals surface area (Å²) in [5, 5.41) is -0.668. The molecule has 0 aromatic heterocycles. The number of nitrogens with one attached hydrogen (secondary N) is 1.